The van der Waals surface area contributed by atoms with Gasteiger partial charge in [-0.2, -0.15) is 0 Å². The predicted octanol–water partition coefficient (Wildman–Crippen LogP) is 1.98. The van der Waals surface area contributed by atoms with Gasteiger partial charge in [-0.1, -0.05) is 42.5 Å². The number of hydrogen-bond donors (Lipinski definition) is 1. The van der Waals surface area contributed by atoms with E-state index in [2.05, 4.69) is 36.5 Å². The lowest BCUT2D eigenvalue weighted by Crippen LogP contribution is -2.91. The van der Waals surface area contributed by atoms with Crippen LogP contribution in [0.1, 0.15) is 12.5 Å². The molecule has 0 amide bonds. The molecule has 0 bridgehead atoms. The second-order valence-corrected chi connectivity index (χ2v) is 5.20. The molecular weight excluding hydrogens is 250 g/mol. The third kappa shape index (κ3) is 2.94. The molecule has 0 radical (unpaired) electrons. The maximum Gasteiger partial charge on any atom is 0.184 e. The Morgan fingerprint density at radius 2 is 1.75 bits per heavy atom. The van der Waals surface area contributed by atoms with Gasteiger partial charge in [0.1, 0.15) is 19.2 Å². The highest BCUT2D eigenvalue weighted by Crippen LogP contribution is 2.31. The van der Waals surface area contributed by atoms with E-state index in [9.17, 15) is 0 Å². The molecule has 2 aromatic rings. The summed E-state index contributed by atoms with van der Waals surface area (Å²) in [5.74, 6) is 1.70. The molecule has 0 saturated heterocycles. The second kappa shape index (κ2) is 5.97. The molecule has 104 valence electrons. The zero-order valence-electron chi connectivity index (χ0n) is 11.7. The van der Waals surface area contributed by atoms with Crippen LogP contribution in [0.5, 0.6) is 11.5 Å². The van der Waals surface area contributed by atoms with E-state index in [0.29, 0.717) is 12.6 Å². The molecule has 2 N–H and O–H groups in total. The summed E-state index contributed by atoms with van der Waals surface area (Å²) >= 11 is 0. The van der Waals surface area contributed by atoms with Crippen LogP contribution in [0, 0.1) is 0 Å². The van der Waals surface area contributed by atoms with Gasteiger partial charge in [0.2, 0.25) is 0 Å². The average Bonchev–Trinajstić information content (AvgIpc) is 2.53. The van der Waals surface area contributed by atoms with Gasteiger partial charge in [-0.25, -0.2) is 0 Å². The van der Waals surface area contributed by atoms with Crippen LogP contribution in [0.3, 0.4) is 0 Å². The van der Waals surface area contributed by atoms with Crippen molar-refractivity contribution in [2.45, 2.75) is 25.6 Å². The van der Waals surface area contributed by atoms with Crippen LogP contribution in [-0.2, 0) is 6.54 Å². The molecule has 20 heavy (non-hydrogen) atoms. The molecule has 2 aromatic carbocycles. The molecule has 1 aliphatic heterocycles. The third-order valence-corrected chi connectivity index (χ3v) is 3.69. The molecule has 0 spiro atoms. The van der Waals surface area contributed by atoms with Crippen molar-refractivity contribution in [3.05, 3.63) is 60.2 Å². The molecule has 1 aliphatic rings. The van der Waals surface area contributed by atoms with Gasteiger partial charge in [-0.15, -0.1) is 0 Å². The summed E-state index contributed by atoms with van der Waals surface area (Å²) in [6, 6.07) is 18.7. The smallest absolute Gasteiger partial charge is 0.184 e. The van der Waals surface area contributed by atoms with E-state index in [1.54, 1.807) is 0 Å². The van der Waals surface area contributed by atoms with Gasteiger partial charge in [0.15, 0.2) is 17.6 Å². The summed E-state index contributed by atoms with van der Waals surface area (Å²) in [5.41, 5.74) is 1.33. The fourth-order valence-corrected chi connectivity index (χ4v) is 2.38. The molecule has 0 saturated carbocycles. The van der Waals surface area contributed by atoms with Gasteiger partial charge < -0.3 is 14.8 Å². The van der Waals surface area contributed by atoms with E-state index < -0.39 is 0 Å². The first kappa shape index (κ1) is 13.0. The van der Waals surface area contributed by atoms with Crippen molar-refractivity contribution in [1.29, 1.82) is 0 Å². The largest absolute Gasteiger partial charge is 0.486 e. The number of hydrogen-bond acceptors (Lipinski definition) is 2. The highest BCUT2D eigenvalue weighted by molar-refractivity contribution is 5.40. The zero-order valence-corrected chi connectivity index (χ0v) is 11.7. The molecule has 3 rings (SSSR count). The number of quaternary nitrogens is 1. The first-order valence-electron chi connectivity index (χ1n) is 7.08. The van der Waals surface area contributed by atoms with Gasteiger partial charge in [-0.05, 0) is 19.1 Å². The standard InChI is InChI=1S/C17H19NO2/c1-13(18-11-14-7-3-2-4-8-14)17-12-19-15-9-5-6-10-16(15)20-17/h2-10,13,17-18H,11-12H2,1H3/p+1/t13-,17-/m1/s1. The Kier molecular flexibility index (Phi) is 3.88. The minimum Gasteiger partial charge on any atom is -0.486 e. The fraction of sp³-hybridized carbons (Fsp3) is 0.294. The summed E-state index contributed by atoms with van der Waals surface area (Å²) in [4.78, 5) is 0. The Hall–Kier alpha value is -2.00. The van der Waals surface area contributed by atoms with Crippen molar-refractivity contribution >= 4 is 0 Å². The van der Waals surface area contributed by atoms with E-state index in [1.165, 1.54) is 5.56 Å². The number of para-hydroxylation sites is 2. The lowest BCUT2D eigenvalue weighted by molar-refractivity contribution is -0.707. The van der Waals surface area contributed by atoms with Crippen molar-refractivity contribution in [3.8, 4) is 11.5 Å². The maximum atomic E-state index is 6.03. The average molecular weight is 270 g/mol. The number of rotatable bonds is 4. The molecule has 0 aliphatic carbocycles. The van der Waals surface area contributed by atoms with E-state index >= 15 is 0 Å². The molecular formula is C17H20NO2+. The molecule has 0 fully saturated rings. The van der Waals surface area contributed by atoms with Gasteiger partial charge in [0.25, 0.3) is 0 Å². The molecule has 0 aromatic heterocycles. The highest BCUT2D eigenvalue weighted by atomic mass is 16.6. The third-order valence-electron chi connectivity index (χ3n) is 3.69. The molecule has 0 unspecified atom stereocenters. The van der Waals surface area contributed by atoms with Crippen molar-refractivity contribution in [3.63, 3.8) is 0 Å². The Labute approximate surface area is 119 Å². The maximum absolute atomic E-state index is 6.03. The van der Waals surface area contributed by atoms with Crippen LogP contribution in [-0.4, -0.2) is 18.8 Å². The van der Waals surface area contributed by atoms with Crippen LogP contribution in [0.4, 0.5) is 0 Å². The van der Waals surface area contributed by atoms with Gasteiger partial charge in [-0.3, -0.25) is 0 Å². The highest BCUT2D eigenvalue weighted by Gasteiger charge is 2.28. The zero-order chi connectivity index (χ0) is 13.8. The monoisotopic (exact) mass is 270 g/mol. The van der Waals surface area contributed by atoms with Crippen molar-refractivity contribution in [2.24, 2.45) is 0 Å². The lowest BCUT2D eigenvalue weighted by atomic mass is 10.1. The quantitative estimate of drug-likeness (QED) is 0.922. The second-order valence-electron chi connectivity index (χ2n) is 5.20. The van der Waals surface area contributed by atoms with Crippen molar-refractivity contribution < 1.29 is 14.8 Å². The Bertz CT molecular complexity index is 556. The SMILES string of the molecule is C[C@@H]([NH2+]Cc1ccccc1)[C@H]1COc2ccccc2O1. The summed E-state index contributed by atoms with van der Waals surface area (Å²) in [6.07, 6.45) is 0.0913. The summed E-state index contributed by atoms with van der Waals surface area (Å²) in [5, 5.41) is 2.30. The van der Waals surface area contributed by atoms with E-state index in [0.717, 1.165) is 18.0 Å². The van der Waals surface area contributed by atoms with Crippen LogP contribution in [0.15, 0.2) is 54.6 Å². The van der Waals surface area contributed by atoms with Crippen molar-refractivity contribution in [2.75, 3.05) is 6.61 Å². The molecule has 2 atom stereocenters. The van der Waals surface area contributed by atoms with Crippen LogP contribution < -0.4 is 14.8 Å². The van der Waals surface area contributed by atoms with Gasteiger partial charge >= 0.3 is 0 Å². The summed E-state index contributed by atoms with van der Waals surface area (Å²) in [7, 11) is 0. The predicted molar refractivity (Wildman–Crippen MR) is 77.9 cm³/mol. The minimum absolute atomic E-state index is 0.0913. The van der Waals surface area contributed by atoms with Crippen LogP contribution >= 0.6 is 0 Å². The summed E-state index contributed by atoms with van der Waals surface area (Å²) in [6.45, 7) is 3.76. The minimum atomic E-state index is 0.0913. The number of fused-ring (bicyclic) bond motifs is 1. The topological polar surface area (TPSA) is 35.1 Å². The molecule has 3 heteroatoms. The molecule has 1 heterocycles. The Morgan fingerprint density at radius 3 is 2.55 bits per heavy atom. The summed E-state index contributed by atoms with van der Waals surface area (Å²) < 4.78 is 11.8. The van der Waals surface area contributed by atoms with Gasteiger partial charge in [0.05, 0.1) is 0 Å². The lowest BCUT2D eigenvalue weighted by Gasteiger charge is -2.29. The van der Waals surface area contributed by atoms with E-state index in [4.69, 9.17) is 9.47 Å². The van der Waals surface area contributed by atoms with E-state index in [1.807, 2.05) is 30.3 Å². The normalized spacial score (nSPS) is 18.6. The Morgan fingerprint density at radius 1 is 1.05 bits per heavy atom. The van der Waals surface area contributed by atoms with Crippen molar-refractivity contribution in [1.82, 2.24) is 0 Å². The molecule has 3 nitrogen and oxygen atoms in total. The van der Waals surface area contributed by atoms with Crippen LogP contribution in [0.25, 0.3) is 0 Å². The van der Waals surface area contributed by atoms with Crippen LogP contribution in [0.2, 0.25) is 0 Å². The van der Waals surface area contributed by atoms with E-state index in [-0.39, 0.29) is 6.10 Å². The first-order valence-corrected chi connectivity index (χ1v) is 7.08. The first-order chi connectivity index (χ1) is 9.83. The fourth-order valence-electron chi connectivity index (χ4n) is 2.38. The van der Waals surface area contributed by atoms with Gasteiger partial charge in [0, 0.05) is 5.56 Å². The Balaban J connectivity index is 1.58. The number of ether oxygens (including phenoxy) is 2. The number of nitrogens with two attached hydrogens (primary N) is 1. The number of benzene rings is 2.